The number of fused-ring (bicyclic) bond motifs is 1. The van der Waals surface area contributed by atoms with E-state index in [2.05, 4.69) is 5.32 Å². The van der Waals surface area contributed by atoms with Crippen LogP contribution in [-0.4, -0.2) is 5.91 Å². The number of amides is 1. The molecule has 2 aromatic heterocycles. The van der Waals surface area contributed by atoms with Crippen LogP contribution in [0, 0.1) is 5.82 Å². The lowest BCUT2D eigenvalue weighted by atomic mass is 10.1. The van der Waals surface area contributed by atoms with Gasteiger partial charge in [-0.1, -0.05) is 30.3 Å². The van der Waals surface area contributed by atoms with Gasteiger partial charge < -0.3 is 5.32 Å². The molecule has 0 aliphatic carbocycles. The molecule has 4 aromatic rings. The van der Waals surface area contributed by atoms with Gasteiger partial charge in [-0.05, 0) is 41.3 Å². The Morgan fingerprint density at radius 1 is 0.962 bits per heavy atom. The third-order valence-corrected chi connectivity index (χ3v) is 5.86. The number of halogens is 1. The smallest absolute Gasteiger partial charge is 0.266 e. The molecule has 4 rings (SSSR count). The summed E-state index contributed by atoms with van der Waals surface area (Å²) in [5.74, 6) is -0.649. The molecule has 0 aliphatic heterocycles. The Morgan fingerprint density at radius 2 is 1.73 bits per heavy atom. The van der Waals surface area contributed by atoms with Gasteiger partial charge >= 0.3 is 0 Å². The summed E-state index contributed by atoms with van der Waals surface area (Å²) in [5.41, 5.74) is 0.755. The van der Waals surface area contributed by atoms with E-state index in [0.29, 0.717) is 26.4 Å². The second-order valence-corrected chi connectivity index (χ2v) is 7.57. The summed E-state index contributed by atoms with van der Waals surface area (Å²) in [6, 6.07) is 16.5. The van der Waals surface area contributed by atoms with E-state index in [9.17, 15) is 14.0 Å². The van der Waals surface area contributed by atoms with Crippen LogP contribution in [0.3, 0.4) is 0 Å². The molecule has 2 heterocycles. The first-order valence-electron chi connectivity index (χ1n) is 7.80. The summed E-state index contributed by atoms with van der Waals surface area (Å²) in [4.78, 5) is 26.1. The Balaban J connectivity index is 1.92. The summed E-state index contributed by atoms with van der Waals surface area (Å²) >= 11 is 2.66. The zero-order valence-electron chi connectivity index (χ0n) is 13.4. The fourth-order valence-electron chi connectivity index (χ4n) is 2.68. The maximum Gasteiger partial charge on any atom is 0.266 e. The number of hydrogen-bond donors (Lipinski definition) is 1. The molecule has 0 spiro atoms. The molecule has 0 saturated heterocycles. The Bertz CT molecular complexity index is 1150. The van der Waals surface area contributed by atoms with Crippen molar-refractivity contribution in [1.29, 1.82) is 0 Å². The second kappa shape index (κ2) is 6.82. The highest BCUT2D eigenvalue weighted by Crippen LogP contribution is 2.34. The van der Waals surface area contributed by atoms with Gasteiger partial charge in [0.05, 0.1) is 10.4 Å². The molecule has 0 radical (unpaired) electrons. The molecule has 0 bridgehead atoms. The summed E-state index contributed by atoms with van der Waals surface area (Å²) in [7, 11) is 0. The van der Waals surface area contributed by atoms with Crippen LogP contribution in [0.15, 0.2) is 70.8 Å². The van der Waals surface area contributed by atoms with E-state index in [1.54, 1.807) is 36.4 Å². The maximum absolute atomic E-state index is 13.3. The molecule has 6 heteroatoms. The normalized spacial score (nSPS) is 10.8. The first kappa shape index (κ1) is 16.6. The third kappa shape index (κ3) is 3.05. The van der Waals surface area contributed by atoms with Crippen LogP contribution in [0.1, 0.15) is 9.67 Å². The highest BCUT2D eigenvalue weighted by atomic mass is 32.1. The third-order valence-electron chi connectivity index (χ3n) is 3.90. The van der Waals surface area contributed by atoms with Crippen LogP contribution in [0.4, 0.5) is 9.39 Å². The number of thiophene rings is 1. The zero-order chi connectivity index (χ0) is 18.1. The SMILES string of the molecule is O=C(Nc1sc2ccccc2c(=O)c1-c1ccc(F)cc1)c1cccs1. The van der Waals surface area contributed by atoms with E-state index in [1.165, 1.54) is 34.8 Å². The van der Waals surface area contributed by atoms with Crippen molar-refractivity contribution in [2.45, 2.75) is 0 Å². The molecule has 0 fully saturated rings. The van der Waals surface area contributed by atoms with Gasteiger partial charge in [0, 0.05) is 10.1 Å². The van der Waals surface area contributed by atoms with Crippen LogP contribution in [0.2, 0.25) is 0 Å². The predicted octanol–water partition coefficient (Wildman–Crippen LogP) is 5.38. The minimum Gasteiger partial charge on any atom is -0.312 e. The molecule has 26 heavy (non-hydrogen) atoms. The van der Waals surface area contributed by atoms with E-state index in [1.807, 2.05) is 17.5 Å². The lowest BCUT2D eigenvalue weighted by Crippen LogP contribution is -2.14. The second-order valence-electron chi connectivity index (χ2n) is 5.57. The van der Waals surface area contributed by atoms with E-state index in [0.717, 1.165) is 4.70 Å². The number of hydrogen-bond acceptors (Lipinski definition) is 4. The molecule has 0 atom stereocenters. The zero-order valence-corrected chi connectivity index (χ0v) is 15.0. The van der Waals surface area contributed by atoms with Crippen molar-refractivity contribution in [2.75, 3.05) is 5.32 Å². The van der Waals surface area contributed by atoms with Crippen molar-refractivity contribution in [3.05, 3.63) is 87.0 Å². The molecule has 0 saturated carbocycles. The van der Waals surface area contributed by atoms with Crippen LogP contribution in [0.25, 0.3) is 21.2 Å². The molecular formula is C20H12FNO2S2. The van der Waals surface area contributed by atoms with E-state index >= 15 is 0 Å². The highest BCUT2D eigenvalue weighted by Gasteiger charge is 2.17. The predicted molar refractivity (Wildman–Crippen MR) is 106 cm³/mol. The monoisotopic (exact) mass is 381 g/mol. The minimum absolute atomic E-state index is 0.188. The van der Waals surface area contributed by atoms with E-state index < -0.39 is 0 Å². The average Bonchev–Trinajstić information content (AvgIpc) is 3.18. The summed E-state index contributed by atoms with van der Waals surface area (Å²) in [5, 5.41) is 5.71. The molecule has 0 unspecified atom stereocenters. The van der Waals surface area contributed by atoms with Crippen molar-refractivity contribution in [1.82, 2.24) is 0 Å². The Labute approximate surface area is 156 Å². The molecular weight excluding hydrogens is 369 g/mol. The quantitative estimate of drug-likeness (QED) is 0.518. The Morgan fingerprint density at radius 3 is 2.46 bits per heavy atom. The fraction of sp³-hybridized carbons (Fsp3) is 0. The highest BCUT2D eigenvalue weighted by molar-refractivity contribution is 7.22. The standard InChI is InChI=1S/C20H12FNO2S2/c21-13-9-7-12(8-10-13)17-18(23)14-4-1-2-5-15(14)26-20(17)22-19(24)16-6-3-11-25-16/h1-11H,(H,22,24). The van der Waals surface area contributed by atoms with Gasteiger partial charge in [0.1, 0.15) is 10.8 Å². The number of carbonyl (C=O) groups excluding carboxylic acids is 1. The van der Waals surface area contributed by atoms with E-state index in [4.69, 9.17) is 0 Å². The lowest BCUT2D eigenvalue weighted by molar-refractivity contribution is 0.103. The van der Waals surface area contributed by atoms with Gasteiger partial charge in [0.15, 0.2) is 5.43 Å². The van der Waals surface area contributed by atoms with Gasteiger partial charge in [-0.3, -0.25) is 9.59 Å². The fourth-order valence-corrected chi connectivity index (χ4v) is 4.39. The summed E-state index contributed by atoms with van der Waals surface area (Å²) < 4.78 is 14.1. The van der Waals surface area contributed by atoms with Gasteiger partial charge in [-0.2, -0.15) is 0 Å². The van der Waals surface area contributed by atoms with Crippen molar-refractivity contribution in [2.24, 2.45) is 0 Å². The van der Waals surface area contributed by atoms with E-state index in [-0.39, 0.29) is 17.2 Å². The van der Waals surface area contributed by atoms with Gasteiger partial charge in [-0.25, -0.2) is 4.39 Å². The Kier molecular flexibility index (Phi) is 4.36. The topological polar surface area (TPSA) is 46.2 Å². The minimum atomic E-state index is -0.380. The van der Waals surface area contributed by atoms with Crippen LogP contribution >= 0.6 is 22.7 Å². The van der Waals surface area contributed by atoms with Crippen LogP contribution < -0.4 is 10.7 Å². The lowest BCUT2D eigenvalue weighted by Gasteiger charge is -2.11. The summed E-state index contributed by atoms with van der Waals surface area (Å²) in [6.45, 7) is 0. The number of benzene rings is 2. The van der Waals surface area contributed by atoms with Crippen LogP contribution in [0.5, 0.6) is 0 Å². The Hall–Kier alpha value is -2.83. The van der Waals surface area contributed by atoms with Crippen molar-refractivity contribution in [3.63, 3.8) is 0 Å². The van der Waals surface area contributed by atoms with Gasteiger partial charge in [0.25, 0.3) is 5.91 Å². The molecule has 128 valence electrons. The van der Waals surface area contributed by atoms with Crippen molar-refractivity contribution < 1.29 is 9.18 Å². The molecule has 3 nitrogen and oxygen atoms in total. The number of nitrogens with one attached hydrogen (secondary N) is 1. The average molecular weight is 381 g/mol. The number of rotatable bonds is 3. The maximum atomic E-state index is 13.3. The first-order valence-corrected chi connectivity index (χ1v) is 9.50. The van der Waals surface area contributed by atoms with Gasteiger partial charge in [-0.15, -0.1) is 22.7 Å². The molecule has 1 amide bonds. The van der Waals surface area contributed by atoms with Crippen molar-refractivity contribution in [3.8, 4) is 11.1 Å². The first-order chi connectivity index (χ1) is 12.6. The molecule has 0 aliphatic rings. The molecule has 1 N–H and O–H groups in total. The molecule has 2 aromatic carbocycles. The summed E-state index contributed by atoms with van der Waals surface area (Å²) in [6.07, 6.45) is 0. The number of anilines is 1. The van der Waals surface area contributed by atoms with Gasteiger partial charge in [0.2, 0.25) is 0 Å². The largest absolute Gasteiger partial charge is 0.312 e. The van der Waals surface area contributed by atoms with Crippen LogP contribution in [-0.2, 0) is 0 Å². The van der Waals surface area contributed by atoms with Crippen molar-refractivity contribution >= 4 is 43.7 Å². The number of carbonyl (C=O) groups is 1.